The molecule has 4 atom stereocenters. The predicted molar refractivity (Wildman–Crippen MR) is 132 cm³/mol. The Morgan fingerprint density at radius 2 is 1.62 bits per heavy atom. The number of anilines is 1. The van der Waals surface area contributed by atoms with Gasteiger partial charge in [0.15, 0.2) is 11.5 Å². The largest absolute Gasteiger partial charge is 0.479 e. The number of fused-ring (bicyclic) bond motifs is 1. The van der Waals surface area contributed by atoms with Crippen molar-refractivity contribution >= 4 is 27.6 Å². The number of ether oxygens (including phenoxy) is 3. The van der Waals surface area contributed by atoms with Crippen molar-refractivity contribution in [3.8, 4) is 17.4 Å². The van der Waals surface area contributed by atoms with E-state index in [1.54, 1.807) is 4.57 Å². The number of sulfonamides is 1. The maximum Gasteiger partial charge on any atom is 0.245 e. The van der Waals surface area contributed by atoms with Crippen LogP contribution in [0.2, 0.25) is 5.02 Å². The molecule has 2 aliphatic rings. The van der Waals surface area contributed by atoms with E-state index in [2.05, 4.69) is 34.9 Å². The maximum absolute atomic E-state index is 13.6. The van der Waals surface area contributed by atoms with Gasteiger partial charge >= 0.3 is 0 Å². The highest BCUT2D eigenvalue weighted by Gasteiger charge is 2.48. The van der Waals surface area contributed by atoms with Gasteiger partial charge in [-0.15, -0.1) is 10.2 Å². The molecule has 0 aromatic carbocycles. The van der Waals surface area contributed by atoms with Crippen molar-refractivity contribution in [1.29, 1.82) is 0 Å². The number of nitrogens with one attached hydrogen (secondary N) is 1. The lowest BCUT2D eigenvalue weighted by atomic mass is 10.0. The molecule has 15 heteroatoms. The first-order valence-corrected chi connectivity index (χ1v) is 13.6. The third-order valence-electron chi connectivity index (χ3n) is 6.96. The molecule has 0 aliphatic heterocycles. The van der Waals surface area contributed by atoms with Crippen LogP contribution in [0.15, 0.2) is 18.7 Å². The van der Waals surface area contributed by atoms with Crippen molar-refractivity contribution in [2.24, 2.45) is 11.8 Å². The van der Waals surface area contributed by atoms with Crippen molar-refractivity contribution in [2.75, 3.05) is 26.1 Å². The van der Waals surface area contributed by atoms with Crippen LogP contribution in [0.25, 0.3) is 5.69 Å². The number of hydrogen-bond donors (Lipinski definition) is 1. The maximum atomic E-state index is 13.6. The molecule has 37 heavy (non-hydrogen) atoms. The van der Waals surface area contributed by atoms with Crippen molar-refractivity contribution < 1.29 is 22.6 Å². The summed E-state index contributed by atoms with van der Waals surface area (Å²) in [6, 6.07) is 0. The monoisotopic (exact) mass is 550 g/mol. The fourth-order valence-corrected chi connectivity index (χ4v) is 6.20. The van der Waals surface area contributed by atoms with Gasteiger partial charge in [0.05, 0.1) is 19.2 Å². The molecule has 198 valence electrons. The summed E-state index contributed by atoms with van der Waals surface area (Å²) >= 11 is 5.88. The molecule has 3 heterocycles. The average Bonchev–Trinajstić information content (AvgIpc) is 3.30. The van der Waals surface area contributed by atoms with Crippen molar-refractivity contribution in [1.82, 2.24) is 34.7 Å². The summed E-state index contributed by atoms with van der Waals surface area (Å²) < 4.78 is 47.7. The number of rotatable bonds is 10. The highest BCUT2D eigenvalue weighted by Crippen LogP contribution is 2.57. The van der Waals surface area contributed by atoms with Crippen molar-refractivity contribution in [3.63, 3.8) is 0 Å². The Kier molecular flexibility index (Phi) is 6.89. The molecule has 0 amide bonds. The van der Waals surface area contributed by atoms with E-state index in [-0.39, 0.29) is 29.5 Å². The molecule has 4 unspecified atom stereocenters. The first kappa shape index (κ1) is 25.5. The number of halogens is 1. The summed E-state index contributed by atoms with van der Waals surface area (Å²) in [4.78, 5) is 16.7. The van der Waals surface area contributed by atoms with E-state index in [1.807, 2.05) is 0 Å². The Morgan fingerprint density at radius 1 is 1.00 bits per heavy atom. The third kappa shape index (κ3) is 4.80. The third-order valence-corrected chi connectivity index (χ3v) is 8.85. The topological polar surface area (TPSA) is 156 Å². The second kappa shape index (κ2) is 9.99. The summed E-state index contributed by atoms with van der Waals surface area (Å²) in [5.74, 6) is 2.52. The van der Waals surface area contributed by atoms with Gasteiger partial charge in [0.2, 0.25) is 27.7 Å². The van der Waals surface area contributed by atoms with Gasteiger partial charge in [-0.3, -0.25) is 9.29 Å². The van der Waals surface area contributed by atoms with E-state index >= 15 is 0 Å². The van der Waals surface area contributed by atoms with Gasteiger partial charge in [-0.05, 0) is 38.0 Å². The van der Waals surface area contributed by atoms with Crippen LogP contribution in [-0.2, 0) is 14.8 Å². The number of aromatic nitrogens is 7. The first-order chi connectivity index (χ1) is 17.8. The Balaban J connectivity index is 1.55. The van der Waals surface area contributed by atoms with E-state index in [9.17, 15) is 8.42 Å². The Hall–Kier alpha value is -3.10. The van der Waals surface area contributed by atoms with Crippen molar-refractivity contribution in [3.05, 3.63) is 35.4 Å². The quantitative estimate of drug-likeness (QED) is 0.395. The van der Waals surface area contributed by atoms with E-state index in [1.165, 1.54) is 53.4 Å². The second-order valence-electron chi connectivity index (χ2n) is 9.15. The van der Waals surface area contributed by atoms with Gasteiger partial charge in [0, 0.05) is 25.4 Å². The lowest BCUT2D eigenvalue weighted by molar-refractivity contribution is 0.0950. The Bertz CT molecular complexity index is 1350. The number of hydrogen-bond acceptors (Lipinski definition) is 11. The molecule has 2 aliphatic carbocycles. The second-order valence-corrected chi connectivity index (χ2v) is 11.6. The van der Waals surface area contributed by atoms with Crippen LogP contribution in [0, 0.1) is 11.8 Å². The smallest absolute Gasteiger partial charge is 0.245 e. The fraction of sp³-hybridized carbons (Fsp3) is 0.545. The fourth-order valence-electron chi connectivity index (χ4n) is 4.97. The molecule has 13 nitrogen and oxygen atoms in total. The molecule has 3 aromatic rings. The van der Waals surface area contributed by atoms with Crippen LogP contribution < -0.4 is 14.2 Å². The van der Waals surface area contributed by atoms with Crippen molar-refractivity contribution in [2.45, 2.75) is 43.5 Å². The minimum atomic E-state index is -4.10. The highest BCUT2D eigenvalue weighted by molar-refractivity contribution is 7.93. The van der Waals surface area contributed by atoms with Crippen LogP contribution >= 0.6 is 11.6 Å². The van der Waals surface area contributed by atoms with Gasteiger partial charge < -0.3 is 14.2 Å². The lowest BCUT2D eigenvalue weighted by Gasteiger charge is -2.23. The van der Waals surface area contributed by atoms with Crippen LogP contribution in [0.4, 0.5) is 5.95 Å². The summed E-state index contributed by atoms with van der Waals surface area (Å²) in [7, 11) is 0.207. The zero-order valence-electron chi connectivity index (χ0n) is 20.7. The average molecular weight is 551 g/mol. The Labute approximate surface area is 219 Å². The van der Waals surface area contributed by atoms with Crippen LogP contribution in [0.3, 0.4) is 0 Å². The van der Waals surface area contributed by atoms with Crippen LogP contribution in [0.1, 0.15) is 49.9 Å². The molecule has 0 bridgehead atoms. The van der Waals surface area contributed by atoms with Gasteiger partial charge in [-0.25, -0.2) is 18.4 Å². The zero-order chi connectivity index (χ0) is 26.3. The van der Waals surface area contributed by atoms with Crippen LogP contribution in [0.5, 0.6) is 11.8 Å². The zero-order valence-corrected chi connectivity index (χ0v) is 22.3. The molecule has 5 rings (SSSR count). The van der Waals surface area contributed by atoms with Gasteiger partial charge in [-0.1, -0.05) is 11.6 Å². The van der Waals surface area contributed by atoms with E-state index in [4.69, 9.17) is 25.8 Å². The van der Waals surface area contributed by atoms with Gasteiger partial charge in [0.1, 0.15) is 23.5 Å². The van der Waals surface area contributed by atoms with E-state index in [0.717, 1.165) is 12.8 Å². The molecule has 2 fully saturated rings. The summed E-state index contributed by atoms with van der Waals surface area (Å²) in [6.45, 7) is 1.49. The molecule has 0 radical (unpaired) electrons. The standard InChI is InChI=1S/C22H27ClN8O5S/c1-11(17(34-2)18-24-8-15(23)9-25-18)37(32,33)30-22-29-28-19(14-6-12-5-13(12)7-14)31(22)16-20(35-3)26-10-27-21(16)36-4/h8-14,17H,5-7H2,1-4H3,(H,29,30). The lowest BCUT2D eigenvalue weighted by Crippen LogP contribution is -2.33. The van der Waals surface area contributed by atoms with E-state index in [0.29, 0.717) is 28.4 Å². The molecule has 0 saturated heterocycles. The molecule has 3 aromatic heterocycles. The molecular weight excluding hydrogens is 524 g/mol. The first-order valence-electron chi connectivity index (χ1n) is 11.7. The summed E-state index contributed by atoms with van der Waals surface area (Å²) in [5, 5.41) is 7.85. The minimum Gasteiger partial charge on any atom is -0.479 e. The van der Waals surface area contributed by atoms with Gasteiger partial charge in [0.25, 0.3) is 0 Å². The van der Waals surface area contributed by atoms with E-state index < -0.39 is 21.4 Å². The number of methoxy groups -OCH3 is 3. The molecule has 2 saturated carbocycles. The highest BCUT2D eigenvalue weighted by atomic mass is 35.5. The molecular formula is C22H27ClN8O5S. The predicted octanol–water partition coefficient (Wildman–Crippen LogP) is 2.55. The van der Waals surface area contributed by atoms with Crippen LogP contribution in [-0.4, -0.2) is 69.7 Å². The summed E-state index contributed by atoms with van der Waals surface area (Å²) in [6.07, 6.45) is 6.20. The Morgan fingerprint density at radius 3 is 2.19 bits per heavy atom. The summed E-state index contributed by atoms with van der Waals surface area (Å²) in [5.41, 5.74) is 0.308. The SMILES string of the molecule is COc1ncnc(OC)c1-n1c(NS(=O)(=O)C(C)C(OC)c2ncc(Cl)cn2)nnc1C1CC2CC2C1. The van der Waals surface area contributed by atoms with Gasteiger partial charge in [-0.2, -0.15) is 9.97 Å². The molecule has 0 spiro atoms. The normalized spacial score (nSPS) is 22.2. The minimum absolute atomic E-state index is 0.0410. The number of nitrogens with zero attached hydrogens (tertiary/aromatic N) is 7. The molecule has 1 N–H and O–H groups in total.